The molecule has 3 amide bonds. The fourth-order valence-corrected chi connectivity index (χ4v) is 5.00. The van der Waals surface area contributed by atoms with Crippen LogP contribution < -0.4 is 5.32 Å². The standard InChI is InChI=1S/C22H24ClN3O5S/c1-2-19(27)25-12-14-26(15-13-25)22(29)21(32(30,31)18-6-4-3-5-7-18)24-20(28)16-8-10-17(23)11-9-16/h3-11,21H,2,12-15H2,1H3,(H,24,28)/t21-/m1/s1. The lowest BCUT2D eigenvalue weighted by Crippen LogP contribution is -2.57. The average Bonchev–Trinajstić information content (AvgIpc) is 2.82. The molecule has 1 N–H and O–H groups in total. The van der Waals surface area contributed by atoms with Gasteiger partial charge in [-0.2, -0.15) is 0 Å². The molecule has 0 saturated carbocycles. The summed E-state index contributed by atoms with van der Waals surface area (Å²) in [6.45, 7) is 2.74. The van der Waals surface area contributed by atoms with Crippen molar-refractivity contribution in [2.45, 2.75) is 23.6 Å². The summed E-state index contributed by atoms with van der Waals surface area (Å²) in [6.07, 6.45) is 0.357. The number of sulfone groups is 1. The predicted octanol–water partition coefficient (Wildman–Crippen LogP) is 1.95. The van der Waals surface area contributed by atoms with Crippen molar-refractivity contribution in [3.8, 4) is 0 Å². The number of nitrogens with one attached hydrogen (secondary N) is 1. The second-order valence-corrected chi connectivity index (χ2v) is 9.75. The summed E-state index contributed by atoms with van der Waals surface area (Å²) in [4.78, 5) is 40.9. The van der Waals surface area contributed by atoms with E-state index in [9.17, 15) is 22.8 Å². The molecular formula is C22H24ClN3O5S. The molecular weight excluding hydrogens is 454 g/mol. The van der Waals surface area contributed by atoms with Crippen molar-refractivity contribution >= 4 is 39.2 Å². The number of halogens is 1. The molecule has 2 aromatic carbocycles. The van der Waals surface area contributed by atoms with Crippen molar-refractivity contribution in [1.29, 1.82) is 0 Å². The zero-order valence-corrected chi connectivity index (χ0v) is 19.1. The van der Waals surface area contributed by atoms with Crippen LogP contribution in [0.4, 0.5) is 0 Å². The van der Waals surface area contributed by atoms with Gasteiger partial charge >= 0.3 is 0 Å². The Kier molecular flexibility index (Phi) is 7.52. The SMILES string of the molecule is CCC(=O)N1CCN(C(=O)[C@H](NC(=O)c2ccc(Cl)cc2)S(=O)(=O)c2ccccc2)CC1. The normalized spacial score (nSPS) is 15.2. The van der Waals surface area contributed by atoms with Crippen LogP contribution >= 0.6 is 11.6 Å². The Hall–Kier alpha value is -2.91. The molecule has 0 unspecified atom stereocenters. The highest BCUT2D eigenvalue weighted by atomic mass is 35.5. The van der Waals surface area contributed by atoms with Crippen LogP contribution in [0.15, 0.2) is 59.5 Å². The molecule has 0 aliphatic carbocycles. The molecule has 170 valence electrons. The maximum absolute atomic E-state index is 13.3. The molecule has 8 nitrogen and oxygen atoms in total. The summed E-state index contributed by atoms with van der Waals surface area (Å²) in [5.41, 5.74) is 0.175. The number of carbonyl (C=O) groups is 3. The van der Waals surface area contributed by atoms with E-state index in [-0.39, 0.29) is 29.5 Å². The lowest BCUT2D eigenvalue weighted by molar-refractivity contribution is -0.139. The Morgan fingerprint density at radius 2 is 1.50 bits per heavy atom. The van der Waals surface area contributed by atoms with E-state index in [1.165, 1.54) is 41.3 Å². The van der Waals surface area contributed by atoms with Crippen molar-refractivity contribution in [1.82, 2.24) is 15.1 Å². The Labute approximate surface area is 192 Å². The topological polar surface area (TPSA) is 104 Å². The second-order valence-electron chi connectivity index (χ2n) is 7.28. The van der Waals surface area contributed by atoms with Crippen molar-refractivity contribution in [2.24, 2.45) is 0 Å². The number of rotatable bonds is 6. The summed E-state index contributed by atoms with van der Waals surface area (Å²) in [5.74, 6) is -1.47. The van der Waals surface area contributed by atoms with Crippen LogP contribution in [-0.4, -0.2) is 67.5 Å². The smallest absolute Gasteiger partial charge is 0.261 e. The van der Waals surface area contributed by atoms with Crippen LogP contribution in [0.5, 0.6) is 0 Å². The average molecular weight is 478 g/mol. The van der Waals surface area contributed by atoms with Gasteiger partial charge in [0, 0.05) is 43.2 Å². The minimum atomic E-state index is -4.23. The molecule has 1 saturated heterocycles. The van der Waals surface area contributed by atoms with Crippen LogP contribution in [0.25, 0.3) is 0 Å². The number of amides is 3. The van der Waals surface area contributed by atoms with Gasteiger partial charge in [-0.1, -0.05) is 36.7 Å². The summed E-state index contributed by atoms with van der Waals surface area (Å²) < 4.78 is 26.6. The first-order valence-electron chi connectivity index (χ1n) is 10.2. The molecule has 2 aromatic rings. The maximum atomic E-state index is 13.3. The van der Waals surface area contributed by atoms with E-state index in [1.54, 1.807) is 30.0 Å². The van der Waals surface area contributed by atoms with Gasteiger partial charge in [0.2, 0.25) is 21.1 Å². The van der Waals surface area contributed by atoms with Gasteiger partial charge in [-0.25, -0.2) is 8.42 Å². The Morgan fingerprint density at radius 3 is 2.06 bits per heavy atom. The molecule has 0 bridgehead atoms. The van der Waals surface area contributed by atoms with Gasteiger partial charge in [-0.05, 0) is 36.4 Å². The van der Waals surface area contributed by atoms with Crippen LogP contribution in [0.2, 0.25) is 5.02 Å². The fraction of sp³-hybridized carbons (Fsp3) is 0.318. The van der Waals surface area contributed by atoms with E-state index in [1.807, 2.05) is 0 Å². The lowest BCUT2D eigenvalue weighted by Gasteiger charge is -2.36. The molecule has 0 radical (unpaired) electrons. The van der Waals surface area contributed by atoms with Gasteiger partial charge in [-0.15, -0.1) is 0 Å². The van der Waals surface area contributed by atoms with Gasteiger partial charge in [0.15, 0.2) is 0 Å². The summed E-state index contributed by atoms with van der Waals surface area (Å²) in [7, 11) is -4.23. The number of hydrogen-bond acceptors (Lipinski definition) is 5. The third kappa shape index (κ3) is 5.28. The lowest BCUT2D eigenvalue weighted by atomic mass is 10.2. The molecule has 0 aromatic heterocycles. The van der Waals surface area contributed by atoms with Crippen LogP contribution in [0.3, 0.4) is 0 Å². The zero-order chi connectivity index (χ0) is 23.3. The fourth-order valence-electron chi connectivity index (χ4n) is 3.39. The molecule has 0 spiro atoms. The zero-order valence-electron chi connectivity index (χ0n) is 17.5. The Morgan fingerprint density at radius 1 is 0.938 bits per heavy atom. The number of hydrogen-bond donors (Lipinski definition) is 1. The van der Waals surface area contributed by atoms with Crippen molar-refractivity contribution < 1.29 is 22.8 Å². The van der Waals surface area contributed by atoms with Gasteiger partial charge in [0.05, 0.1) is 4.90 Å². The highest BCUT2D eigenvalue weighted by Crippen LogP contribution is 2.18. The second kappa shape index (κ2) is 10.1. The largest absolute Gasteiger partial charge is 0.339 e. The molecule has 3 rings (SSSR count). The van der Waals surface area contributed by atoms with Crippen molar-refractivity contribution in [3.05, 3.63) is 65.2 Å². The van der Waals surface area contributed by atoms with Crippen LogP contribution in [0, 0.1) is 0 Å². The first-order chi connectivity index (χ1) is 15.2. The first-order valence-corrected chi connectivity index (χ1v) is 12.1. The van der Waals surface area contributed by atoms with Gasteiger partial charge in [0.25, 0.3) is 11.8 Å². The van der Waals surface area contributed by atoms with E-state index in [0.717, 1.165) is 0 Å². The Bertz CT molecular complexity index is 1080. The third-order valence-corrected chi connectivity index (χ3v) is 7.34. The van der Waals surface area contributed by atoms with Gasteiger partial charge in [0.1, 0.15) is 0 Å². The minimum Gasteiger partial charge on any atom is -0.339 e. The van der Waals surface area contributed by atoms with E-state index in [0.29, 0.717) is 24.5 Å². The molecule has 1 heterocycles. The van der Waals surface area contributed by atoms with Crippen LogP contribution in [0.1, 0.15) is 23.7 Å². The summed E-state index contributed by atoms with van der Waals surface area (Å²) in [5, 5.41) is 1.01. The van der Waals surface area contributed by atoms with E-state index < -0.39 is 27.0 Å². The van der Waals surface area contributed by atoms with E-state index >= 15 is 0 Å². The molecule has 1 aliphatic rings. The number of carbonyl (C=O) groups excluding carboxylic acids is 3. The van der Waals surface area contributed by atoms with Gasteiger partial charge < -0.3 is 15.1 Å². The molecule has 1 aliphatic heterocycles. The highest BCUT2D eigenvalue weighted by molar-refractivity contribution is 7.92. The third-order valence-electron chi connectivity index (χ3n) is 5.22. The molecule has 32 heavy (non-hydrogen) atoms. The van der Waals surface area contributed by atoms with Gasteiger partial charge in [-0.3, -0.25) is 14.4 Å². The number of nitrogens with zero attached hydrogens (tertiary/aromatic N) is 2. The predicted molar refractivity (Wildman–Crippen MR) is 120 cm³/mol. The molecule has 1 fully saturated rings. The van der Waals surface area contributed by atoms with E-state index in [2.05, 4.69) is 5.32 Å². The quantitative estimate of drug-likeness (QED) is 0.684. The summed E-state index contributed by atoms with van der Waals surface area (Å²) in [6, 6.07) is 13.4. The van der Waals surface area contributed by atoms with E-state index in [4.69, 9.17) is 11.6 Å². The Balaban J connectivity index is 1.87. The monoisotopic (exact) mass is 477 g/mol. The number of piperazine rings is 1. The summed E-state index contributed by atoms with van der Waals surface area (Å²) >= 11 is 5.85. The van der Waals surface area contributed by atoms with Crippen molar-refractivity contribution in [3.63, 3.8) is 0 Å². The molecule has 1 atom stereocenters. The van der Waals surface area contributed by atoms with Crippen molar-refractivity contribution in [2.75, 3.05) is 26.2 Å². The maximum Gasteiger partial charge on any atom is 0.261 e. The minimum absolute atomic E-state index is 0.0263. The molecule has 10 heteroatoms. The van der Waals surface area contributed by atoms with Crippen LogP contribution in [-0.2, 0) is 19.4 Å². The highest BCUT2D eigenvalue weighted by Gasteiger charge is 2.39. The number of benzene rings is 2. The first kappa shape index (κ1) is 23.7.